The van der Waals surface area contributed by atoms with Gasteiger partial charge in [0.15, 0.2) is 0 Å². The Morgan fingerprint density at radius 3 is 2.81 bits per heavy atom. The Bertz CT molecular complexity index is 477. The normalized spacial score (nSPS) is 10.8. The third-order valence-corrected chi connectivity index (χ3v) is 3.69. The fourth-order valence-corrected chi connectivity index (χ4v) is 2.55. The van der Waals surface area contributed by atoms with Gasteiger partial charge in [0, 0.05) is 16.5 Å². The maximum Gasteiger partial charge on any atom is 0.322 e. The second-order valence-corrected chi connectivity index (χ2v) is 5.81. The van der Waals surface area contributed by atoms with E-state index in [0.29, 0.717) is 10.7 Å². The zero-order valence-electron chi connectivity index (χ0n) is 11.5. The van der Waals surface area contributed by atoms with Gasteiger partial charge in [-0.15, -0.1) is 11.8 Å². The molecular weight excluding hydrogens is 322 g/mol. The van der Waals surface area contributed by atoms with Crippen LogP contribution < -0.4 is 5.32 Å². The summed E-state index contributed by atoms with van der Waals surface area (Å²) in [6.07, 6.45) is -2.66. The highest BCUT2D eigenvalue weighted by molar-refractivity contribution is 7.99. The fourth-order valence-electron chi connectivity index (χ4n) is 1.64. The smallest absolute Gasteiger partial charge is 0.322 e. The van der Waals surface area contributed by atoms with Gasteiger partial charge in [0.05, 0.1) is 18.8 Å². The number of nitrogens with one attached hydrogen (secondary N) is 1. The molecule has 0 atom stereocenters. The van der Waals surface area contributed by atoms with Crippen LogP contribution >= 0.6 is 23.4 Å². The summed E-state index contributed by atoms with van der Waals surface area (Å²) >= 11 is 7.39. The van der Waals surface area contributed by atoms with Crippen LogP contribution in [0.5, 0.6) is 0 Å². The number of alkyl halides is 2. The number of nitrogens with zero attached hydrogens (tertiary/aromatic N) is 1. The molecule has 0 saturated carbocycles. The molecule has 2 N–H and O–H groups in total. The van der Waals surface area contributed by atoms with Gasteiger partial charge in [-0.05, 0) is 24.0 Å². The number of urea groups is 1. The minimum atomic E-state index is -2.66. The Labute approximate surface area is 131 Å². The topological polar surface area (TPSA) is 52.6 Å². The first-order chi connectivity index (χ1) is 9.97. The molecule has 1 aromatic carbocycles. The number of aliphatic hydroxyl groups excluding tert-OH is 1. The van der Waals surface area contributed by atoms with E-state index in [-0.39, 0.29) is 13.2 Å². The number of rotatable bonds is 7. The van der Waals surface area contributed by atoms with E-state index in [1.807, 2.05) is 6.92 Å². The molecule has 0 aliphatic heterocycles. The van der Waals surface area contributed by atoms with E-state index in [9.17, 15) is 13.6 Å². The zero-order valence-corrected chi connectivity index (χ0v) is 13.1. The summed E-state index contributed by atoms with van der Waals surface area (Å²) in [5.41, 5.74) is 0.469. The average Bonchev–Trinajstić information content (AvgIpc) is 2.41. The number of benzene rings is 1. The maximum absolute atomic E-state index is 12.4. The lowest BCUT2D eigenvalue weighted by Gasteiger charge is -2.22. The van der Waals surface area contributed by atoms with Gasteiger partial charge in [-0.3, -0.25) is 0 Å². The molecule has 1 aromatic rings. The lowest BCUT2D eigenvalue weighted by molar-refractivity contribution is 0.0943. The SMILES string of the molecule is CCSc1ccc(Cl)cc1NC(=O)N(CCO)CC(F)F. The predicted octanol–water partition coefficient (Wildman–Crippen LogP) is 3.54. The monoisotopic (exact) mass is 338 g/mol. The molecule has 0 unspecified atom stereocenters. The van der Waals surface area contributed by atoms with Gasteiger partial charge in [-0.25, -0.2) is 13.6 Å². The van der Waals surface area contributed by atoms with Crippen molar-refractivity contribution in [2.24, 2.45) is 0 Å². The number of aliphatic hydroxyl groups is 1. The van der Waals surface area contributed by atoms with Gasteiger partial charge in [-0.2, -0.15) is 0 Å². The van der Waals surface area contributed by atoms with E-state index in [0.717, 1.165) is 15.5 Å². The second-order valence-electron chi connectivity index (χ2n) is 4.06. The Morgan fingerprint density at radius 1 is 1.52 bits per heavy atom. The first-order valence-corrected chi connectivity index (χ1v) is 7.71. The Kier molecular flexibility index (Phi) is 7.77. The molecule has 1 rings (SSSR count). The summed E-state index contributed by atoms with van der Waals surface area (Å²) in [4.78, 5) is 13.7. The van der Waals surface area contributed by atoms with Gasteiger partial charge >= 0.3 is 6.03 Å². The molecule has 0 aliphatic carbocycles. The molecule has 4 nitrogen and oxygen atoms in total. The number of amides is 2. The lowest BCUT2D eigenvalue weighted by Crippen LogP contribution is -2.40. The molecular formula is C13H17ClF2N2O2S. The summed E-state index contributed by atoms with van der Waals surface area (Å²) in [7, 11) is 0. The van der Waals surface area contributed by atoms with Crippen molar-refractivity contribution < 1.29 is 18.7 Å². The molecule has 0 bridgehead atoms. The quantitative estimate of drug-likeness (QED) is 0.748. The van der Waals surface area contributed by atoms with Crippen molar-refractivity contribution in [1.29, 1.82) is 0 Å². The number of hydrogen-bond donors (Lipinski definition) is 2. The highest BCUT2D eigenvalue weighted by Gasteiger charge is 2.19. The van der Waals surface area contributed by atoms with Crippen LogP contribution in [0.1, 0.15) is 6.92 Å². The Balaban J connectivity index is 2.86. The van der Waals surface area contributed by atoms with E-state index in [1.165, 1.54) is 11.8 Å². The first-order valence-electron chi connectivity index (χ1n) is 6.35. The number of carbonyl (C=O) groups excluding carboxylic acids is 1. The minimum Gasteiger partial charge on any atom is -0.395 e. The minimum absolute atomic E-state index is 0.160. The van der Waals surface area contributed by atoms with Gasteiger partial charge in [0.1, 0.15) is 0 Å². The summed E-state index contributed by atoms with van der Waals surface area (Å²) < 4.78 is 24.9. The number of halogens is 3. The van der Waals surface area contributed by atoms with Gasteiger partial charge in [0.2, 0.25) is 0 Å². The standard InChI is InChI=1S/C13H17ClF2N2O2S/c1-2-21-11-4-3-9(14)7-10(11)17-13(20)18(5-6-19)8-12(15)16/h3-4,7,12,19H,2,5-6,8H2,1H3,(H,17,20). The largest absolute Gasteiger partial charge is 0.395 e. The highest BCUT2D eigenvalue weighted by atomic mass is 35.5. The van der Waals surface area contributed by atoms with Crippen molar-refractivity contribution in [3.05, 3.63) is 23.2 Å². The van der Waals surface area contributed by atoms with Gasteiger partial charge < -0.3 is 15.3 Å². The number of hydrogen-bond acceptors (Lipinski definition) is 3. The molecule has 21 heavy (non-hydrogen) atoms. The molecule has 0 saturated heterocycles. The van der Waals surface area contributed by atoms with Crippen LogP contribution in [0.2, 0.25) is 5.02 Å². The van der Waals surface area contributed by atoms with Crippen LogP contribution in [-0.4, -0.2) is 47.9 Å². The van der Waals surface area contributed by atoms with Crippen molar-refractivity contribution in [2.45, 2.75) is 18.2 Å². The van der Waals surface area contributed by atoms with E-state index in [4.69, 9.17) is 16.7 Å². The molecule has 0 fully saturated rings. The fraction of sp³-hybridized carbons (Fsp3) is 0.462. The van der Waals surface area contributed by atoms with E-state index in [1.54, 1.807) is 18.2 Å². The summed E-state index contributed by atoms with van der Waals surface area (Å²) in [5.74, 6) is 0.794. The lowest BCUT2D eigenvalue weighted by atomic mass is 10.3. The van der Waals surface area contributed by atoms with Crippen molar-refractivity contribution in [3.63, 3.8) is 0 Å². The number of carbonyl (C=O) groups is 1. The van der Waals surface area contributed by atoms with E-state index < -0.39 is 19.0 Å². The van der Waals surface area contributed by atoms with Crippen molar-refractivity contribution in [1.82, 2.24) is 4.90 Å². The second kappa shape index (κ2) is 9.07. The van der Waals surface area contributed by atoms with Crippen LogP contribution in [0.3, 0.4) is 0 Å². The Morgan fingerprint density at radius 2 is 2.24 bits per heavy atom. The molecule has 2 amide bonds. The number of anilines is 1. The van der Waals surface area contributed by atoms with E-state index in [2.05, 4.69) is 5.32 Å². The third-order valence-electron chi connectivity index (χ3n) is 2.50. The number of thioether (sulfide) groups is 1. The third kappa shape index (κ3) is 6.07. The van der Waals surface area contributed by atoms with Gasteiger partial charge in [0.25, 0.3) is 6.43 Å². The predicted molar refractivity (Wildman–Crippen MR) is 81.5 cm³/mol. The Hall–Kier alpha value is -1.05. The maximum atomic E-state index is 12.4. The first kappa shape index (κ1) is 18.0. The molecule has 0 aliphatic rings. The molecule has 0 spiro atoms. The summed E-state index contributed by atoms with van der Waals surface area (Å²) in [6.45, 7) is 0.683. The van der Waals surface area contributed by atoms with Gasteiger partial charge in [-0.1, -0.05) is 18.5 Å². The van der Waals surface area contributed by atoms with Crippen LogP contribution in [0.4, 0.5) is 19.3 Å². The van der Waals surface area contributed by atoms with Crippen LogP contribution in [0.15, 0.2) is 23.1 Å². The van der Waals surface area contributed by atoms with Crippen molar-refractivity contribution >= 4 is 35.1 Å². The molecule has 0 radical (unpaired) electrons. The van der Waals surface area contributed by atoms with Crippen molar-refractivity contribution in [2.75, 3.05) is 30.8 Å². The average molecular weight is 339 g/mol. The van der Waals surface area contributed by atoms with Crippen LogP contribution in [-0.2, 0) is 0 Å². The highest BCUT2D eigenvalue weighted by Crippen LogP contribution is 2.30. The summed E-state index contributed by atoms with van der Waals surface area (Å²) in [6, 6.07) is 4.33. The van der Waals surface area contributed by atoms with E-state index >= 15 is 0 Å². The molecule has 118 valence electrons. The molecule has 0 aromatic heterocycles. The summed E-state index contributed by atoms with van der Waals surface area (Å²) in [5, 5.41) is 11.9. The van der Waals surface area contributed by atoms with Crippen LogP contribution in [0.25, 0.3) is 0 Å². The molecule has 0 heterocycles. The van der Waals surface area contributed by atoms with Crippen molar-refractivity contribution in [3.8, 4) is 0 Å². The van der Waals surface area contributed by atoms with Crippen LogP contribution in [0, 0.1) is 0 Å². The molecule has 8 heteroatoms. The zero-order chi connectivity index (χ0) is 15.8.